The highest BCUT2D eigenvalue weighted by Gasteiger charge is 2.46. The third-order valence-electron chi connectivity index (χ3n) is 16.4. The highest BCUT2D eigenvalue weighted by molar-refractivity contribution is 6.10. The first-order chi connectivity index (χ1) is 39.2. The Morgan fingerprint density at radius 2 is 0.759 bits per heavy atom. The Morgan fingerprint density at radius 3 is 1.52 bits per heavy atom. The summed E-state index contributed by atoms with van der Waals surface area (Å²) in [6, 6.07) is 116. The van der Waals surface area contributed by atoms with Crippen LogP contribution in [0.4, 0.5) is 17.1 Å². The van der Waals surface area contributed by atoms with Gasteiger partial charge in [0.1, 0.15) is 0 Å². The van der Waals surface area contributed by atoms with Gasteiger partial charge >= 0.3 is 0 Å². The molecule has 1 heterocycles. The molecule has 0 fully saturated rings. The zero-order chi connectivity index (χ0) is 52.3. The van der Waals surface area contributed by atoms with E-state index >= 15 is 0 Å². The summed E-state index contributed by atoms with van der Waals surface area (Å²) in [5, 5.41) is 4.87. The summed E-state index contributed by atoms with van der Waals surface area (Å²) in [7, 11) is 0. The zero-order valence-corrected chi connectivity index (χ0v) is 43.4. The molecule has 79 heavy (non-hydrogen) atoms. The van der Waals surface area contributed by atoms with Gasteiger partial charge in [0.2, 0.25) is 0 Å². The van der Waals surface area contributed by atoms with Crippen LogP contribution in [0.5, 0.6) is 0 Å². The first-order valence-electron chi connectivity index (χ1n) is 27.3. The van der Waals surface area contributed by atoms with Crippen molar-refractivity contribution in [2.24, 2.45) is 0 Å². The molecule has 0 bridgehead atoms. The quantitative estimate of drug-likeness (QED) is 0.133. The van der Waals surface area contributed by atoms with Crippen LogP contribution in [-0.4, -0.2) is 4.57 Å². The number of hydrogen-bond acceptors (Lipinski definition) is 1. The molecule has 2 nitrogen and oxygen atoms in total. The predicted octanol–water partition coefficient (Wildman–Crippen LogP) is 20.4. The maximum absolute atomic E-state index is 2.47. The number of nitrogens with zero attached hydrogens (tertiary/aromatic N) is 2. The molecule has 15 rings (SSSR count). The fourth-order valence-corrected chi connectivity index (χ4v) is 12.8. The van der Waals surface area contributed by atoms with Gasteiger partial charge in [-0.05, 0) is 144 Å². The lowest BCUT2D eigenvalue weighted by atomic mass is 9.67. The van der Waals surface area contributed by atoms with Crippen LogP contribution < -0.4 is 4.90 Å². The van der Waals surface area contributed by atoms with E-state index in [9.17, 15) is 0 Å². The van der Waals surface area contributed by atoms with Crippen molar-refractivity contribution < 1.29 is 0 Å². The number of fused-ring (bicyclic) bond motifs is 7. The minimum absolute atomic E-state index is 0.527. The van der Waals surface area contributed by atoms with Crippen LogP contribution >= 0.6 is 0 Å². The third kappa shape index (κ3) is 7.71. The summed E-state index contributed by atoms with van der Waals surface area (Å²) in [4.78, 5) is 2.47. The first-order valence-corrected chi connectivity index (χ1v) is 27.3. The van der Waals surface area contributed by atoms with Crippen LogP contribution in [0.25, 0.3) is 93.9 Å². The maximum atomic E-state index is 2.47. The largest absolute Gasteiger partial charge is 0.310 e. The maximum Gasteiger partial charge on any atom is 0.0714 e. The second-order valence-corrected chi connectivity index (χ2v) is 20.8. The van der Waals surface area contributed by atoms with Gasteiger partial charge in [-0.3, -0.25) is 0 Å². The van der Waals surface area contributed by atoms with E-state index in [4.69, 9.17) is 0 Å². The number of anilines is 3. The van der Waals surface area contributed by atoms with Crippen molar-refractivity contribution in [3.05, 3.63) is 338 Å². The Balaban J connectivity index is 0.822. The predicted molar refractivity (Wildman–Crippen MR) is 332 cm³/mol. The van der Waals surface area contributed by atoms with Crippen LogP contribution in [0.15, 0.2) is 315 Å². The molecule has 14 aromatic rings. The average molecular weight is 1010 g/mol. The molecule has 370 valence electrons. The van der Waals surface area contributed by atoms with Gasteiger partial charge in [0.25, 0.3) is 0 Å². The van der Waals surface area contributed by atoms with E-state index in [0.717, 1.165) is 33.9 Å². The van der Waals surface area contributed by atoms with E-state index in [0.29, 0.717) is 0 Å². The Labute approximate surface area is 461 Å². The van der Waals surface area contributed by atoms with Crippen LogP contribution in [-0.2, 0) is 5.41 Å². The fourth-order valence-electron chi connectivity index (χ4n) is 12.8. The molecule has 1 aliphatic carbocycles. The molecule has 0 aliphatic heterocycles. The van der Waals surface area contributed by atoms with Gasteiger partial charge in [0.15, 0.2) is 0 Å². The molecule has 1 aromatic heterocycles. The highest BCUT2D eigenvalue weighted by Crippen LogP contribution is 2.57. The zero-order valence-electron chi connectivity index (χ0n) is 43.4. The van der Waals surface area contributed by atoms with Crippen molar-refractivity contribution in [1.82, 2.24) is 4.57 Å². The minimum Gasteiger partial charge on any atom is -0.310 e. The lowest BCUT2D eigenvalue weighted by Gasteiger charge is -2.35. The van der Waals surface area contributed by atoms with Crippen molar-refractivity contribution in [2.75, 3.05) is 4.90 Å². The number of aromatic nitrogens is 1. The molecule has 0 unspecified atom stereocenters. The van der Waals surface area contributed by atoms with Crippen molar-refractivity contribution in [1.29, 1.82) is 0 Å². The minimum atomic E-state index is -0.527. The number of benzene rings is 13. The average Bonchev–Trinajstić information content (AvgIpc) is 4.26. The Bertz CT molecular complexity index is 4550. The van der Waals surface area contributed by atoms with Gasteiger partial charge in [-0.2, -0.15) is 0 Å². The first kappa shape index (κ1) is 46.1. The van der Waals surface area contributed by atoms with Crippen LogP contribution in [0, 0.1) is 0 Å². The molecule has 0 atom stereocenters. The van der Waals surface area contributed by atoms with E-state index in [-0.39, 0.29) is 0 Å². The molecule has 0 amide bonds. The summed E-state index contributed by atoms with van der Waals surface area (Å²) >= 11 is 0. The van der Waals surface area contributed by atoms with Gasteiger partial charge < -0.3 is 9.47 Å². The lowest BCUT2D eigenvalue weighted by molar-refractivity contribution is 0.768. The van der Waals surface area contributed by atoms with Gasteiger partial charge in [-0.1, -0.05) is 255 Å². The molecule has 1 aliphatic rings. The van der Waals surface area contributed by atoms with Crippen molar-refractivity contribution in [3.63, 3.8) is 0 Å². The monoisotopic (exact) mass is 1000 g/mol. The Hall–Kier alpha value is -10.3. The molecule has 0 saturated heterocycles. The highest BCUT2D eigenvalue weighted by atomic mass is 15.1. The van der Waals surface area contributed by atoms with Gasteiger partial charge in [0.05, 0.1) is 22.1 Å². The summed E-state index contributed by atoms with van der Waals surface area (Å²) < 4.78 is 2.43. The molecule has 0 saturated carbocycles. The molecular weight excluding hydrogens is 953 g/mol. The second kappa shape index (κ2) is 19.1. The molecule has 0 N–H and O–H groups in total. The molecule has 0 spiro atoms. The topological polar surface area (TPSA) is 8.17 Å². The molecule has 13 aromatic carbocycles. The van der Waals surface area contributed by atoms with Gasteiger partial charge in [-0.25, -0.2) is 0 Å². The van der Waals surface area contributed by atoms with Gasteiger partial charge in [0, 0.05) is 33.2 Å². The standard InChI is InChI=1S/C77H52N2/c1-4-20-53(21-5-1)57-24-16-25-58(48-57)60-27-18-33-65(50-60)79-75-38-15-13-36-70(75)71-46-44-61(51-76(71)79)55-42-40-54(41-43-55)59-26-17-32-64(49-59)78(74-39-19-23-56-22-10-11-34-67(56)74)66-45-47-69-68-35-12-14-37-72(68)77(73(69)52-66,62-28-6-2-7-29-62)63-30-8-3-9-31-63/h1-52H. The SMILES string of the molecule is c1ccc(-c2cccc(-c3cccc(-n4c5ccccc5c5ccc(-c6ccc(-c7cccc(N(c8ccc9c(c8)C(c8ccccc8)(c8ccccc8)c8ccccc8-9)c8cccc9ccccc89)c7)cc6)cc54)c3)c2)cc1. The van der Waals surface area contributed by atoms with E-state index in [1.807, 2.05) is 0 Å². The van der Waals surface area contributed by atoms with Crippen LogP contribution in [0.2, 0.25) is 0 Å². The van der Waals surface area contributed by atoms with E-state index in [1.165, 1.54) is 99.3 Å². The summed E-state index contributed by atoms with van der Waals surface area (Å²) in [6.07, 6.45) is 0. The molecule has 2 heteroatoms. The summed E-state index contributed by atoms with van der Waals surface area (Å²) in [5.41, 5.74) is 23.4. The fraction of sp³-hybridized carbons (Fsp3) is 0.0130. The number of hydrogen-bond donors (Lipinski definition) is 0. The third-order valence-corrected chi connectivity index (χ3v) is 16.4. The van der Waals surface area contributed by atoms with Crippen LogP contribution in [0.1, 0.15) is 22.3 Å². The number of para-hydroxylation sites is 1. The van der Waals surface area contributed by atoms with Crippen molar-refractivity contribution in [2.45, 2.75) is 5.41 Å². The molecular formula is C77H52N2. The van der Waals surface area contributed by atoms with Crippen LogP contribution in [0.3, 0.4) is 0 Å². The smallest absolute Gasteiger partial charge is 0.0714 e. The summed E-state index contributed by atoms with van der Waals surface area (Å²) in [6.45, 7) is 0. The van der Waals surface area contributed by atoms with E-state index in [1.54, 1.807) is 0 Å². The van der Waals surface area contributed by atoms with Crippen molar-refractivity contribution >= 4 is 49.6 Å². The van der Waals surface area contributed by atoms with E-state index in [2.05, 4.69) is 325 Å². The number of rotatable bonds is 10. The second-order valence-electron chi connectivity index (χ2n) is 20.8. The molecule has 0 radical (unpaired) electrons. The normalized spacial score (nSPS) is 12.4. The lowest BCUT2D eigenvalue weighted by Crippen LogP contribution is -2.28. The Kier molecular flexibility index (Phi) is 11.1. The summed E-state index contributed by atoms with van der Waals surface area (Å²) in [5.74, 6) is 0. The Morgan fingerprint density at radius 1 is 0.266 bits per heavy atom. The van der Waals surface area contributed by atoms with Crippen molar-refractivity contribution in [3.8, 4) is 61.3 Å². The van der Waals surface area contributed by atoms with E-state index < -0.39 is 5.41 Å². The van der Waals surface area contributed by atoms with Gasteiger partial charge in [-0.15, -0.1) is 0 Å².